The summed E-state index contributed by atoms with van der Waals surface area (Å²) in [5.41, 5.74) is 2.03. The summed E-state index contributed by atoms with van der Waals surface area (Å²) in [5.74, 6) is -1.36. The normalized spacial score (nSPS) is 11.0. The van der Waals surface area contributed by atoms with Gasteiger partial charge >= 0.3 is 5.97 Å². The van der Waals surface area contributed by atoms with Gasteiger partial charge in [-0.1, -0.05) is 6.07 Å². The number of benzene rings is 1. The van der Waals surface area contributed by atoms with Crippen LogP contribution in [0.2, 0.25) is 0 Å². The molecule has 18 heavy (non-hydrogen) atoms. The van der Waals surface area contributed by atoms with Crippen LogP contribution >= 0.6 is 0 Å². The zero-order chi connectivity index (χ0) is 13.1. The van der Waals surface area contributed by atoms with Crippen LogP contribution in [0.5, 0.6) is 0 Å². The van der Waals surface area contributed by atoms with Crippen LogP contribution in [0.4, 0.5) is 4.39 Å². The molecule has 0 bridgehead atoms. The van der Waals surface area contributed by atoms with Crippen molar-refractivity contribution in [1.82, 2.24) is 9.78 Å². The fourth-order valence-corrected chi connectivity index (χ4v) is 1.62. The standard InChI is InChI=1S/C13H11FN2O2/c1-9-10(5-6-13(17)18)8-15-16(9)12-4-2-3-11(14)7-12/h2-8H,1H3,(H,17,18)/b6-5+. The minimum absolute atomic E-state index is 0.343. The van der Waals surface area contributed by atoms with Crippen molar-refractivity contribution in [2.24, 2.45) is 0 Å². The molecule has 0 aliphatic heterocycles. The molecule has 1 heterocycles. The third-order valence-electron chi connectivity index (χ3n) is 2.51. The summed E-state index contributed by atoms with van der Waals surface area (Å²) in [6, 6.07) is 6.05. The molecule has 2 aromatic rings. The Morgan fingerprint density at radius 3 is 2.94 bits per heavy atom. The maximum atomic E-state index is 13.1. The van der Waals surface area contributed by atoms with Gasteiger partial charge in [-0.05, 0) is 31.2 Å². The fourth-order valence-electron chi connectivity index (χ4n) is 1.62. The van der Waals surface area contributed by atoms with Gasteiger partial charge in [-0.2, -0.15) is 5.10 Å². The van der Waals surface area contributed by atoms with Gasteiger partial charge in [0.15, 0.2) is 0 Å². The number of rotatable bonds is 3. The van der Waals surface area contributed by atoms with E-state index in [4.69, 9.17) is 5.11 Å². The fraction of sp³-hybridized carbons (Fsp3) is 0.0769. The van der Waals surface area contributed by atoms with Crippen molar-refractivity contribution in [2.45, 2.75) is 6.92 Å². The SMILES string of the molecule is Cc1c(/C=C/C(=O)O)cnn1-c1cccc(F)c1. The smallest absolute Gasteiger partial charge is 0.328 e. The lowest BCUT2D eigenvalue weighted by molar-refractivity contribution is -0.131. The Labute approximate surface area is 103 Å². The molecule has 92 valence electrons. The van der Waals surface area contributed by atoms with Gasteiger partial charge in [0.25, 0.3) is 0 Å². The Balaban J connectivity index is 2.39. The summed E-state index contributed by atoms with van der Waals surface area (Å²) < 4.78 is 14.7. The van der Waals surface area contributed by atoms with Gasteiger partial charge in [-0.25, -0.2) is 13.9 Å². The topological polar surface area (TPSA) is 55.1 Å². The van der Waals surface area contributed by atoms with E-state index in [1.807, 2.05) is 0 Å². The number of aromatic nitrogens is 2. The van der Waals surface area contributed by atoms with E-state index in [9.17, 15) is 9.18 Å². The second-order valence-electron chi connectivity index (χ2n) is 3.75. The van der Waals surface area contributed by atoms with Gasteiger partial charge in [0.05, 0.1) is 11.9 Å². The Bertz CT molecular complexity index is 617. The molecule has 0 unspecified atom stereocenters. The van der Waals surface area contributed by atoms with Crippen molar-refractivity contribution in [3.8, 4) is 5.69 Å². The third kappa shape index (κ3) is 2.45. The Morgan fingerprint density at radius 2 is 2.28 bits per heavy atom. The molecule has 4 nitrogen and oxygen atoms in total. The number of carboxylic acid groups (broad SMARTS) is 1. The second-order valence-corrected chi connectivity index (χ2v) is 3.75. The zero-order valence-corrected chi connectivity index (χ0v) is 9.67. The Morgan fingerprint density at radius 1 is 1.50 bits per heavy atom. The number of nitrogens with zero attached hydrogens (tertiary/aromatic N) is 2. The molecule has 0 atom stereocenters. The third-order valence-corrected chi connectivity index (χ3v) is 2.51. The first-order valence-electron chi connectivity index (χ1n) is 5.29. The van der Waals surface area contributed by atoms with E-state index in [0.717, 1.165) is 11.8 Å². The van der Waals surface area contributed by atoms with E-state index < -0.39 is 5.97 Å². The quantitative estimate of drug-likeness (QED) is 0.846. The Kier molecular flexibility index (Phi) is 3.23. The van der Waals surface area contributed by atoms with E-state index in [2.05, 4.69) is 5.10 Å². The summed E-state index contributed by atoms with van der Waals surface area (Å²) in [6.45, 7) is 1.79. The van der Waals surface area contributed by atoms with Crippen LogP contribution in [0.3, 0.4) is 0 Å². The highest BCUT2D eigenvalue weighted by atomic mass is 19.1. The van der Waals surface area contributed by atoms with Crippen molar-refractivity contribution < 1.29 is 14.3 Å². The first kappa shape index (κ1) is 12.0. The average Bonchev–Trinajstić information content (AvgIpc) is 2.68. The number of hydrogen-bond donors (Lipinski definition) is 1. The predicted molar refractivity (Wildman–Crippen MR) is 64.9 cm³/mol. The van der Waals surface area contributed by atoms with Gasteiger partial charge in [-0.15, -0.1) is 0 Å². The minimum Gasteiger partial charge on any atom is -0.478 e. The van der Waals surface area contributed by atoms with E-state index >= 15 is 0 Å². The summed E-state index contributed by atoms with van der Waals surface area (Å²) in [7, 11) is 0. The molecule has 1 aromatic carbocycles. The number of hydrogen-bond acceptors (Lipinski definition) is 2. The highest BCUT2D eigenvalue weighted by molar-refractivity contribution is 5.85. The highest BCUT2D eigenvalue weighted by Gasteiger charge is 2.06. The molecule has 0 saturated heterocycles. The van der Waals surface area contributed by atoms with Crippen molar-refractivity contribution in [1.29, 1.82) is 0 Å². The highest BCUT2D eigenvalue weighted by Crippen LogP contribution is 2.16. The summed E-state index contributed by atoms with van der Waals surface area (Å²) in [6.07, 6.45) is 4.04. The first-order chi connectivity index (χ1) is 8.58. The monoisotopic (exact) mass is 246 g/mol. The minimum atomic E-state index is -1.02. The van der Waals surface area contributed by atoms with Crippen LogP contribution in [-0.4, -0.2) is 20.9 Å². The molecular weight excluding hydrogens is 235 g/mol. The molecule has 2 rings (SSSR count). The van der Waals surface area contributed by atoms with E-state index in [-0.39, 0.29) is 5.82 Å². The van der Waals surface area contributed by atoms with Crippen molar-refractivity contribution in [3.63, 3.8) is 0 Å². The molecule has 1 N–H and O–H groups in total. The van der Waals surface area contributed by atoms with E-state index in [1.54, 1.807) is 29.9 Å². The van der Waals surface area contributed by atoms with E-state index in [0.29, 0.717) is 11.3 Å². The van der Waals surface area contributed by atoms with Crippen LogP contribution in [0, 0.1) is 12.7 Å². The van der Waals surface area contributed by atoms with Gasteiger partial charge in [0.1, 0.15) is 5.82 Å². The van der Waals surface area contributed by atoms with Gasteiger partial charge in [-0.3, -0.25) is 0 Å². The number of halogens is 1. The van der Waals surface area contributed by atoms with Gasteiger partial charge in [0.2, 0.25) is 0 Å². The summed E-state index contributed by atoms with van der Waals surface area (Å²) in [4.78, 5) is 10.4. The average molecular weight is 246 g/mol. The van der Waals surface area contributed by atoms with Gasteiger partial charge < -0.3 is 5.11 Å². The number of carboxylic acids is 1. The van der Waals surface area contributed by atoms with Crippen LogP contribution in [0.15, 0.2) is 36.5 Å². The van der Waals surface area contributed by atoms with E-state index in [1.165, 1.54) is 18.2 Å². The largest absolute Gasteiger partial charge is 0.478 e. The van der Waals surface area contributed by atoms with Crippen molar-refractivity contribution >= 4 is 12.0 Å². The first-order valence-corrected chi connectivity index (χ1v) is 5.29. The second kappa shape index (κ2) is 4.83. The molecule has 1 aromatic heterocycles. The lowest BCUT2D eigenvalue weighted by atomic mass is 10.2. The van der Waals surface area contributed by atoms with Crippen LogP contribution in [0.25, 0.3) is 11.8 Å². The maximum absolute atomic E-state index is 13.1. The zero-order valence-electron chi connectivity index (χ0n) is 9.67. The number of aliphatic carboxylic acids is 1. The molecule has 0 spiro atoms. The number of carbonyl (C=O) groups is 1. The van der Waals surface area contributed by atoms with Crippen LogP contribution in [-0.2, 0) is 4.79 Å². The Hall–Kier alpha value is -2.43. The van der Waals surface area contributed by atoms with Crippen molar-refractivity contribution in [2.75, 3.05) is 0 Å². The van der Waals surface area contributed by atoms with Crippen LogP contribution in [0.1, 0.15) is 11.3 Å². The van der Waals surface area contributed by atoms with Crippen LogP contribution < -0.4 is 0 Å². The van der Waals surface area contributed by atoms with Gasteiger partial charge in [0, 0.05) is 17.3 Å². The molecule has 0 radical (unpaired) electrons. The van der Waals surface area contributed by atoms with Crippen molar-refractivity contribution in [3.05, 3.63) is 53.6 Å². The molecule has 0 saturated carbocycles. The molecule has 0 aliphatic rings. The molecular formula is C13H11FN2O2. The molecule has 5 heteroatoms. The predicted octanol–water partition coefficient (Wildman–Crippen LogP) is 2.42. The molecule has 0 aliphatic carbocycles. The summed E-state index contributed by atoms with van der Waals surface area (Å²) >= 11 is 0. The summed E-state index contributed by atoms with van der Waals surface area (Å²) in [5, 5.41) is 12.7. The lowest BCUT2D eigenvalue weighted by Crippen LogP contribution is -1.99. The maximum Gasteiger partial charge on any atom is 0.328 e. The lowest BCUT2D eigenvalue weighted by Gasteiger charge is -2.04. The molecule has 0 amide bonds. The molecule has 0 fully saturated rings.